The van der Waals surface area contributed by atoms with E-state index >= 15 is 0 Å². The van der Waals surface area contributed by atoms with Crippen LogP contribution in [0.2, 0.25) is 0 Å². The second-order valence-corrected chi connectivity index (χ2v) is 5.71. The maximum Gasteiger partial charge on any atom is 0.213 e. The summed E-state index contributed by atoms with van der Waals surface area (Å²) in [7, 11) is -3.18. The number of benzene rings is 1. The van der Waals surface area contributed by atoms with Crippen LogP contribution in [-0.4, -0.2) is 27.3 Å². The molecule has 0 atom stereocenters. The van der Waals surface area contributed by atoms with E-state index in [-0.39, 0.29) is 5.75 Å². The number of nitrogen functional groups attached to an aromatic ring is 1. The molecule has 1 aromatic rings. The highest BCUT2D eigenvalue weighted by Gasteiger charge is 2.08. The number of sulfonamides is 1. The van der Waals surface area contributed by atoms with E-state index in [1.165, 1.54) is 0 Å². The Morgan fingerprint density at radius 2 is 2.06 bits per heavy atom. The van der Waals surface area contributed by atoms with Crippen LogP contribution in [0.3, 0.4) is 0 Å². The van der Waals surface area contributed by atoms with E-state index in [1.54, 1.807) is 6.92 Å². The summed E-state index contributed by atoms with van der Waals surface area (Å²) < 4.78 is 25.2. The van der Waals surface area contributed by atoms with Crippen LogP contribution < -0.4 is 15.8 Å². The Hall–Kier alpha value is -1.27. The number of rotatable bonds is 6. The summed E-state index contributed by atoms with van der Waals surface area (Å²) in [6.07, 6.45) is 0. The average Bonchev–Trinajstić information content (AvgIpc) is 2.24. The minimum atomic E-state index is -3.18. The molecule has 0 aliphatic carbocycles. The lowest BCUT2D eigenvalue weighted by atomic mass is 10.2. The van der Waals surface area contributed by atoms with Crippen molar-refractivity contribution >= 4 is 21.4 Å². The van der Waals surface area contributed by atoms with E-state index in [0.717, 1.165) is 11.3 Å². The van der Waals surface area contributed by atoms with E-state index < -0.39 is 10.0 Å². The number of para-hydroxylation sites is 1. The summed E-state index contributed by atoms with van der Waals surface area (Å²) in [5.41, 5.74) is 8.28. The normalized spacial score (nSPS) is 11.4. The van der Waals surface area contributed by atoms with Crippen molar-refractivity contribution in [2.75, 3.05) is 29.9 Å². The average molecular weight is 257 g/mol. The van der Waals surface area contributed by atoms with Crippen molar-refractivity contribution in [2.24, 2.45) is 0 Å². The molecule has 0 aliphatic rings. The molecule has 0 saturated heterocycles. The number of hydrogen-bond acceptors (Lipinski definition) is 4. The first kappa shape index (κ1) is 13.8. The van der Waals surface area contributed by atoms with E-state index in [1.807, 2.05) is 25.1 Å². The van der Waals surface area contributed by atoms with Gasteiger partial charge in [0.1, 0.15) is 0 Å². The van der Waals surface area contributed by atoms with Crippen molar-refractivity contribution in [3.05, 3.63) is 23.8 Å². The third-order valence-corrected chi connectivity index (χ3v) is 3.84. The van der Waals surface area contributed by atoms with Gasteiger partial charge in [-0.25, -0.2) is 13.1 Å². The maximum atomic E-state index is 11.4. The highest BCUT2D eigenvalue weighted by Crippen LogP contribution is 2.21. The molecule has 6 heteroatoms. The van der Waals surface area contributed by atoms with Gasteiger partial charge in [-0.2, -0.15) is 0 Å². The Morgan fingerprint density at radius 1 is 1.35 bits per heavy atom. The lowest BCUT2D eigenvalue weighted by Gasteiger charge is -2.11. The summed E-state index contributed by atoms with van der Waals surface area (Å²) in [6, 6.07) is 5.63. The first-order valence-corrected chi connectivity index (χ1v) is 7.18. The Morgan fingerprint density at radius 3 is 2.71 bits per heavy atom. The van der Waals surface area contributed by atoms with Gasteiger partial charge in [0.15, 0.2) is 0 Å². The molecule has 5 nitrogen and oxygen atoms in total. The molecule has 0 heterocycles. The molecule has 0 bridgehead atoms. The van der Waals surface area contributed by atoms with E-state index in [4.69, 9.17) is 5.73 Å². The molecule has 96 valence electrons. The molecular weight excluding hydrogens is 238 g/mol. The minimum absolute atomic E-state index is 0.0359. The summed E-state index contributed by atoms with van der Waals surface area (Å²) >= 11 is 0. The second-order valence-electron chi connectivity index (χ2n) is 3.78. The predicted molar refractivity (Wildman–Crippen MR) is 71.5 cm³/mol. The second kappa shape index (κ2) is 5.88. The fourth-order valence-corrected chi connectivity index (χ4v) is 2.40. The van der Waals surface area contributed by atoms with Gasteiger partial charge in [0.05, 0.1) is 17.1 Å². The SMILES string of the molecule is CCNS(=O)(=O)CCNc1cccc(C)c1N. The first-order chi connectivity index (χ1) is 7.96. The summed E-state index contributed by atoms with van der Waals surface area (Å²) in [5, 5.41) is 3.02. The monoisotopic (exact) mass is 257 g/mol. The molecule has 1 rings (SSSR count). The van der Waals surface area contributed by atoms with Gasteiger partial charge in [-0.3, -0.25) is 0 Å². The third kappa shape index (κ3) is 4.24. The largest absolute Gasteiger partial charge is 0.397 e. The Balaban J connectivity index is 2.55. The fraction of sp³-hybridized carbons (Fsp3) is 0.455. The zero-order chi connectivity index (χ0) is 12.9. The molecule has 0 spiro atoms. The molecule has 0 aliphatic heterocycles. The zero-order valence-corrected chi connectivity index (χ0v) is 11.0. The molecule has 0 saturated carbocycles. The van der Waals surface area contributed by atoms with Gasteiger partial charge >= 0.3 is 0 Å². The van der Waals surface area contributed by atoms with Gasteiger partial charge in [0.25, 0.3) is 0 Å². The van der Waals surface area contributed by atoms with Crippen LogP contribution in [0.5, 0.6) is 0 Å². The van der Waals surface area contributed by atoms with Crippen LogP contribution in [0, 0.1) is 6.92 Å². The molecule has 0 radical (unpaired) electrons. The van der Waals surface area contributed by atoms with Crippen molar-refractivity contribution in [3.8, 4) is 0 Å². The first-order valence-electron chi connectivity index (χ1n) is 5.52. The number of anilines is 2. The highest BCUT2D eigenvalue weighted by molar-refractivity contribution is 7.89. The number of nitrogens with two attached hydrogens (primary N) is 1. The van der Waals surface area contributed by atoms with E-state index in [0.29, 0.717) is 18.8 Å². The van der Waals surface area contributed by atoms with Crippen molar-refractivity contribution in [2.45, 2.75) is 13.8 Å². The number of hydrogen-bond donors (Lipinski definition) is 3. The standard InChI is InChI=1S/C11H19N3O2S/c1-3-14-17(15,16)8-7-13-10-6-4-5-9(2)11(10)12/h4-6,13-14H,3,7-8,12H2,1-2H3. The van der Waals surface area contributed by atoms with Crippen molar-refractivity contribution < 1.29 is 8.42 Å². The maximum absolute atomic E-state index is 11.4. The van der Waals surface area contributed by atoms with Crippen LogP contribution in [0.4, 0.5) is 11.4 Å². The van der Waals surface area contributed by atoms with Crippen LogP contribution in [0.1, 0.15) is 12.5 Å². The Kier molecular flexibility index (Phi) is 4.77. The number of nitrogens with one attached hydrogen (secondary N) is 2. The Labute approximate surface area is 102 Å². The van der Waals surface area contributed by atoms with Gasteiger partial charge in [0.2, 0.25) is 10.0 Å². The van der Waals surface area contributed by atoms with Crippen LogP contribution in [0.25, 0.3) is 0 Å². The van der Waals surface area contributed by atoms with Crippen molar-refractivity contribution in [3.63, 3.8) is 0 Å². The number of aryl methyl sites for hydroxylation is 1. The highest BCUT2D eigenvalue weighted by atomic mass is 32.2. The van der Waals surface area contributed by atoms with Gasteiger partial charge in [-0.1, -0.05) is 19.1 Å². The quantitative estimate of drug-likeness (QED) is 0.662. The van der Waals surface area contributed by atoms with Crippen molar-refractivity contribution in [1.29, 1.82) is 0 Å². The molecule has 0 aromatic heterocycles. The summed E-state index contributed by atoms with van der Waals surface area (Å²) in [6.45, 7) is 4.41. The topological polar surface area (TPSA) is 84.2 Å². The van der Waals surface area contributed by atoms with E-state index in [9.17, 15) is 8.42 Å². The summed E-state index contributed by atoms with van der Waals surface area (Å²) in [5.74, 6) is 0.0359. The lowest BCUT2D eigenvalue weighted by molar-refractivity contribution is 0.584. The van der Waals surface area contributed by atoms with Crippen LogP contribution >= 0.6 is 0 Å². The molecule has 0 amide bonds. The van der Waals surface area contributed by atoms with Crippen molar-refractivity contribution in [1.82, 2.24) is 4.72 Å². The van der Waals surface area contributed by atoms with Gasteiger partial charge in [-0.15, -0.1) is 0 Å². The van der Waals surface area contributed by atoms with Gasteiger partial charge < -0.3 is 11.1 Å². The lowest BCUT2D eigenvalue weighted by Crippen LogP contribution is -2.29. The van der Waals surface area contributed by atoms with Gasteiger partial charge in [0, 0.05) is 13.1 Å². The Bertz CT molecular complexity index is 472. The molecule has 1 aromatic carbocycles. The van der Waals surface area contributed by atoms with Crippen LogP contribution in [0.15, 0.2) is 18.2 Å². The summed E-state index contributed by atoms with van der Waals surface area (Å²) in [4.78, 5) is 0. The smallest absolute Gasteiger partial charge is 0.213 e. The third-order valence-electron chi connectivity index (χ3n) is 2.37. The molecular formula is C11H19N3O2S. The van der Waals surface area contributed by atoms with E-state index in [2.05, 4.69) is 10.0 Å². The van der Waals surface area contributed by atoms with Gasteiger partial charge in [-0.05, 0) is 18.6 Å². The molecule has 17 heavy (non-hydrogen) atoms. The molecule has 4 N–H and O–H groups in total. The molecule has 0 fully saturated rings. The zero-order valence-electron chi connectivity index (χ0n) is 10.2. The fourth-order valence-electron chi connectivity index (χ4n) is 1.45. The molecule has 0 unspecified atom stereocenters. The van der Waals surface area contributed by atoms with Crippen LogP contribution in [-0.2, 0) is 10.0 Å². The minimum Gasteiger partial charge on any atom is -0.397 e. The predicted octanol–water partition coefficient (Wildman–Crippen LogP) is 0.928.